The minimum atomic E-state index is 0.441. The van der Waals surface area contributed by atoms with E-state index < -0.39 is 0 Å². The van der Waals surface area contributed by atoms with Crippen molar-refractivity contribution in [2.45, 2.75) is 6.92 Å². The first-order valence-corrected chi connectivity index (χ1v) is 6.24. The second kappa shape index (κ2) is 4.36. The Hall–Kier alpha value is -1.85. The molecule has 0 aliphatic heterocycles. The number of imidazole rings is 1. The number of nitrogens with two attached hydrogens (primary N) is 1. The minimum Gasteiger partial charge on any atom is -0.383 e. The molecule has 19 heavy (non-hydrogen) atoms. The van der Waals surface area contributed by atoms with E-state index in [-0.39, 0.29) is 0 Å². The number of pyridine rings is 1. The van der Waals surface area contributed by atoms with Gasteiger partial charge in [0.15, 0.2) is 5.65 Å². The summed E-state index contributed by atoms with van der Waals surface area (Å²) in [6, 6.07) is 3.38. The summed E-state index contributed by atoms with van der Waals surface area (Å²) < 4.78 is 1.65. The number of aryl methyl sites for hydroxylation is 1. The van der Waals surface area contributed by atoms with Crippen molar-refractivity contribution >= 4 is 34.7 Å². The topological polar surface area (TPSA) is 69.1 Å². The predicted molar refractivity (Wildman–Crippen MR) is 75.4 cm³/mol. The Kier molecular flexibility index (Phi) is 2.80. The number of aromatic nitrogens is 4. The largest absolute Gasteiger partial charge is 0.383 e. The molecule has 0 aromatic carbocycles. The van der Waals surface area contributed by atoms with Crippen LogP contribution in [-0.2, 0) is 0 Å². The molecule has 0 aliphatic carbocycles. The lowest BCUT2D eigenvalue weighted by atomic mass is 10.3. The highest BCUT2D eigenvalue weighted by atomic mass is 35.5. The molecule has 0 fully saturated rings. The Morgan fingerprint density at radius 3 is 2.79 bits per heavy atom. The van der Waals surface area contributed by atoms with E-state index in [0.29, 0.717) is 38.7 Å². The fourth-order valence-corrected chi connectivity index (χ4v) is 2.38. The van der Waals surface area contributed by atoms with E-state index in [1.165, 1.54) is 0 Å². The van der Waals surface area contributed by atoms with Gasteiger partial charge in [0.2, 0.25) is 0 Å². The molecular formula is C12H9Cl2N5. The van der Waals surface area contributed by atoms with Crippen molar-refractivity contribution in [3.8, 4) is 11.4 Å². The quantitative estimate of drug-likeness (QED) is 0.749. The summed E-state index contributed by atoms with van der Waals surface area (Å²) in [7, 11) is 0. The van der Waals surface area contributed by atoms with E-state index in [2.05, 4.69) is 15.0 Å². The molecule has 5 nitrogen and oxygen atoms in total. The molecule has 3 rings (SSSR count). The molecule has 3 aromatic rings. The fourth-order valence-electron chi connectivity index (χ4n) is 1.87. The summed E-state index contributed by atoms with van der Waals surface area (Å²) in [4.78, 5) is 12.8. The van der Waals surface area contributed by atoms with Gasteiger partial charge in [0.25, 0.3) is 0 Å². The van der Waals surface area contributed by atoms with Crippen LogP contribution in [0.2, 0.25) is 10.0 Å². The van der Waals surface area contributed by atoms with Gasteiger partial charge in [0.05, 0.1) is 15.7 Å². The lowest BCUT2D eigenvalue weighted by Gasteiger charge is -2.00. The van der Waals surface area contributed by atoms with Gasteiger partial charge in [-0.15, -0.1) is 0 Å². The van der Waals surface area contributed by atoms with Gasteiger partial charge in [-0.25, -0.2) is 15.0 Å². The standard InChI is InChI=1S/C12H9Cl2N5/c1-6-16-3-2-9(17-6)10-11(15)19-5-7(13)4-8(14)12(19)18-10/h2-5H,15H2,1H3. The van der Waals surface area contributed by atoms with Gasteiger partial charge >= 0.3 is 0 Å². The van der Waals surface area contributed by atoms with Crippen molar-refractivity contribution in [1.29, 1.82) is 0 Å². The van der Waals surface area contributed by atoms with Crippen molar-refractivity contribution in [3.05, 3.63) is 40.4 Å². The number of hydrogen-bond acceptors (Lipinski definition) is 4. The summed E-state index contributed by atoms with van der Waals surface area (Å²) in [6.45, 7) is 1.80. The van der Waals surface area contributed by atoms with Gasteiger partial charge in [-0.1, -0.05) is 23.2 Å². The third-order valence-corrected chi connectivity index (χ3v) is 3.18. The zero-order valence-electron chi connectivity index (χ0n) is 9.93. The van der Waals surface area contributed by atoms with Crippen molar-refractivity contribution in [3.63, 3.8) is 0 Å². The van der Waals surface area contributed by atoms with E-state index >= 15 is 0 Å². The summed E-state index contributed by atoms with van der Waals surface area (Å²) in [5.41, 5.74) is 7.85. The molecule has 0 atom stereocenters. The summed E-state index contributed by atoms with van der Waals surface area (Å²) in [5, 5.41) is 0.934. The van der Waals surface area contributed by atoms with Gasteiger partial charge in [-0.2, -0.15) is 0 Å². The highest BCUT2D eigenvalue weighted by Crippen LogP contribution is 2.30. The first-order chi connectivity index (χ1) is 9.06. The van der Waals surface area contributed by atoms with Crippen LogP contribution >= 0.6 is 23.2 Å². The molecule has 0 saturated heterocycles. The average Bonchev–Trinajstić information content (AvgIpc) is 2.68. The smallest absolute Gasteiger partial charge is 0.158 e. The zero-order valence-corrected chi connectivity index (χ0v) is 11.4. The average molecular weight is 294 g/mol. The molecule has 0 radical (unpaired) electrons. The number of hydrogen-bond donors (Lipinski definition) is 1. The number of halogens is 2. The van der Waals surface area contributed by atoms with Gasteiger partial charge in [0.1, 0.15) is 17.3 Å². The maximum Gasteiger partial charge on any atom is 0.158 e. The van der Waals surface area contributed by atoms with Crippen LogP contribution in [0.4, 0.5) is 5.82 Å². The number of nitrogen functional groups attached to an aromatic ring is 1. The van der Waals surface area contributed by atoms with Gasteiger partial charge in [-0.05, 0) is 19.1 Å². The van der Waals surface area contributed by atoms with Crippen LogP contribution in [0.3, 0.4) is 0 Å². The van der Waals surface area contributed by atoms with Crippen LogP contribution in [0.15, 0.2) is 24.5 Å². The Morgan fingerprint density at radius 2 is 2.05 bits per heavy atom. The third kappa shape index (κ3) is 2.01. The van der Waals surface area contributed by atoms with Gasteiger partial charge in [0, 0.05) is 12.4 Å². The SMILES string of the molecule is Cc1nccc(-c2nc3c(Cl)cc(Cl)cn3c2N)n1. The highest BCUT2D eigenvalue weighted by molar-refractivity contribution is 6.36. The Bertz CT molecular complexity index is 781. The molecule has 0 amide bonds. The molecule has 3 heterocycles. The van der Waals surface area contributed by atoms with Crippen LogP contribution in [-0.4, -0.2) is 19.4 Å². The molecule has 0 aliphatic rings. The van der Waals surface area contributed by atoms with Crippen molar-refractivity contribution in [2.75, 3.05) is 5.73 Å². The molecule has 2 N–H and O–H groups in total. The molecule has 0 bridgehead atoms. The molecule has 0 unspecified atom stereocenters. The molecule has 0 saturated carbocycles. The van der Waals surface area contributed by atoms with Crippen LogP contribution in [0.5, 0.6) is 0 Å². The van der Waals surface area contributed by atoms with E-state index in [9.17, 15) is 0 Å². The van der Waals surface area contributed by atoms with E-state index in [0.717, 1.165) is 0 Å². The Balaban J connectivity index is 2.31. The number of nitrogens with zero attached hydrogens (tertiary/aromatic N) is 4. The first-order valence-electron chi connectivity index (χ1n) is 5.49. The highest BCUT2D eigenvalue weighted by Gasteiger charge is 2.15. The predicted octanol–water partition coefficient (Wildman–Crippen LogP) is 2.99. The number of fused-ring (bicyclic) bond motifs is 1. The van der Waals surface area contributed by atoms with Crippen LogP contribution in [0, 0.1) is 6.92 Å². The third-order valence-electron chi connectivity index (χ3n) is 2.70. The van der Waals surface area contributed by atoms with Gasteiger partial charge in [-0.3, -0.25) is 4.40 Å². The zero-order chi connectivity index (χ0) is 13.6. The number of anilines is 1. The van der Waals surface area contributed by atoms with Crippen molar-refractivity contribution in [1.82, 2.24) is 19.4 Å². The summed E-state index contributed by atoms with van der Waals surface area (Å²) in [5.74, 6) is 1.09. The van der Waals surface area contributed by atoms with E-state index in [1.807, 2.05) is 0 Å². The fraction of sp³-hybridized carbons (Fsp3) is 0.0833. The summed E-state index contributed by atoms with van der Waals surface area (Å²) >= 11 is 12.1. The lowest BCUT2D eigenvalue weighted by molar-refractivity contribution is 1.05. The normalized spacial score (nSPS) is 11.1. The van der Waals surface area contributed by atoms with Gasteiger partial charge < -0.3 is 5.73 Å². The maximum atomic E-state index is 6.11. The molecular weight excluding hydrogens is 285 g/mol. The Morgan fingerprint density at radius 1 is 1.26 bits per heavy atom. The van der Waals surface area contributed by atoms with Crippen molar-refractivity contribution < 1.29 is 0 Å². The monoisotopic (exact) mass is 293 g/mol. The molecule has 0 spiro atoms. The van der Waals surface area contributed by atoms with E-state index in [1.54, 1.807) is 35.9 Å². The molecule has 7 heteroatoms. The first kappa shape index (κ1) is 12.2. The molecule has 96 valence electrons. The minimum absolute atomic E-state index is 0.441. The van der Waals surface area contributed by atoms with Crippen molar-refractivity contribution in [2.24, 2.45) is 0 Å². The Labute approximate surface area is 119 Å². The summed E-state index contributed by atoms with van der Waals surface area (Å²) in [6.07, 6.45) is 3.33. The van der Waals surface area contributed by atoms with Crippen LogP contribution < -0.4 is 5.73 Å². The van der Waals surface area contributed by atoms with E-state index in [4.69, 9.17) is 28.9 Å². The van der Waals surface area contributed by atoms with Crippen LogP contribution in [0.1, 0.15) is 5.82 Å². The maximum absolute atomic E-state index is 6.11. The molecule has 3 aromatic heterocycles. The lowest BCUT2D eigenvalue weighted by Crippen LogP contribution is -1.96. The second-order valence-corrected chi connectivity index (χ2v) is 4.88. The van der Waals surface area contributed by atoms with Crippen LogP contribution in [0.25, 0.3) is 17.0 Å². The second-order valence-electron chi connectivity index (χ2n) is 4.03. The number of rotatable bonds is 1.